The monoisotopic (exact) mass is 259 g/mol. The van der Waals surface area contributed by atoms with E-state index in [9.17, 15) is 0 Å². The van der Waals surface area contributed by atoms with Crippen LogP contribution in [0.3, 0.4) is 0 Å². The molecule has 1 aliphatic rings. The van der Waals surface area contributed by atoms with Gasteiger partial charge in [0.05, 0.1) is 6.20 Å². The first-order valence-electron chi connectivity index (χ1n) is 7.05. The molecule has 3 N–H and O–H groups in total. The zero-order valence-electron chi connectivity index (χ0n) is 11.3. The van der Waals surface area contributed by atoms with Gasteiger partial charge in [-0.1, -0.05) is 19.8 Å². The summed E-state index contributed by atoms with van der Waals surface area (Å²) in [6.07, 6.45) is 10.7. The van der Waals surface area contributed by atoms with Crippen molar-refractivity contribution in [2.24, 2.45) is 11.8 Å². The average Bonchev–Trinajstić information content (AvgIpc) is 2.85. The van der Waals surface area contributed by atoms with Crippen LogP contribution < -0.4 is 11.1 Å². The van der Waals surface area contributed by atoms with Gasteiger partial charge in [0.2, 0.25) is 0 Å². The maximum absolute atomic E-state index is 5.81. The maximum Gasteiger partial charge on any atom is 0.180 e. The lowest BCUT2D eigenvalue weighted by atomic mass is 9.83. The van der Waals surface area contributed by atoms with E-state index < -0.39 is 0 Å². The number of fused-ring (bicyclic) bond motifs is 1. The Hall–Kier alpha value is -1.78. The van der Waals surface area contributed by atoms with Gasteiger partial charge in [0.1, 0.15) is 5.82 Å². The Labute approximate surface area is 113 Å². The highest BCUT2D eigenvalue weighted by atomic mass is 15.1. The molecule has 2 aromatic rings. The van der Waals surface area contributed by atoms with E-state index in [0.29, 0.717) is 5.82 Å². The van der Waals surface area contributed by atoms with Crippen LogP contribution in [0.25, 0.3) is 5.65 Å². The van der Waals surface area contributed by atoms with Crippen LogP contribution in [0, 0.1) is 11.8 Å². The first-order chi connectivity index (χ1) is 9.22. The smallest absolute Gasteiger partial charge is 0.180 e. The van der Waals surface area contributed by atoms with Crippen molar-refractivity contribution in [2.45, 2.75) is 32.6 Å². The normalized spacial score (nSPS) is 23.6. The van der Waals surface area contributed by atoms with E-state index in [1.54, 1.807) is 12.4 Å². The molecule has 0 saturated heterocycles. The molecule has 5 heteroatoms. The Morgan fingerprint density at radius 3 is 2.95 bits per heavy atom. The highest BCUT2D eigenvalue weighted by molar-refractivity contribution is 5.64. The molecule has 2 heterocycles. The molecule has 0 aliphatic heterocycles. The summed E-state index contributed by atoms with van der Waals surface area (Å²) < 4.78 is 1.91. The number of anilines is 2. The number of hydrogen-bond acceptors (Lipinski definition) is 4. The maximum atomic E-state index is 5.81. The Balaban J connectivity index is 1.69. The highest BCUT2D eigenvalue weighted by Gasteiger charge is 2.18. The predicted octanol–water partition coefficient (Wildman–Crippen LogP) is 2.55. The van der Waals surface area contributed by atoms with Crippen molar-refractivity contribution >= 4 is 17.3 Å². The van der Waals surface area contributed by atoms with Gasteiger partial charge in [0.15, 0.2) is 11.5 Å². The zero-order valence-corrected chi connectivity index (χ0v) is 11.3. The molecular formula is C14H21N5. The van der Waals surface area contributed by atoms with Crippen molar-refractivity contribution in [1.29, 1.82) is 0 Å². The molecule has 1 fully saturated rings. The fourth-order valence-corrected chi connectivity index (χ4v) is 2.84. The summed E-state index contributed by atoms with van der Waals surface area (Å²) in [6.45, 7) is 3.31. The lowest BCUT2D eigenvalue weighted by Gasteiger charge is -2.26. The summed E-state index contributed by atoms with van der Waals surface area (Å²) in [5.74, 6) is 2.95. The van der Waals surface area contributed by atoms with Gasteiger partial charge in [-0.05, 0) is 24.7 Å². The van der Waals surface area contributed by atoms with Gasteiger partial charge in [-0.3, -0.25) is 0 Å². The van der Waals surface area contributed by atoms with E-state index in [0.717, 1.165) is 29.8 Å². The van der Waals surface area contributed by atoms with Gasteiger partial charge >= 0.3 is 0 Å². The molecule has 0 spiro atoms. The molecule has 0 bridgehead atoms. The fourth-order valence-electron chi connectivity index (χ4n) is 2.84. The number of nitrogens with one attached hydrogen (secondary N) is 1. The third kappa shape index (κ3) is 2.64. The van der Waals surface area contributed by atoms with Gasteiger partial charge in [-0.2, -0.15) is 0 Å². The van der Waals surface area contributed by atoms with E-state index in [-0.39, 0.29) is 0 Å². The molecule has 0 aromatic carbocycles. The van der Waals surface area contributed by atoms with Crippen LogP contribution in [-0.4, -0.2) is 20.9 Å². The van der Waals surface area contributed by atoms with Gasteiger partial charge in [-0.25, -0.2) is 9.97 Å². The summed E-state index contributed by atoms with van der Waals surface area (Å²) >= 11 is 0. The number of aromatic nitrogens is 3. The number of nitrogens with zero attached hydrogens (tertiary/aromatic N) is 3. The Morgan fingerprint density at radius 1 is 1.37 bits per heavy atom. The third-order valence-electron chi connectivity index (χ3n) is 4.09. The molecule has 0 atom stereocenters. The van der Waals surface area contributed by atoms with Crippen LogP contribution in [0.2, 0.25) is 0 Å². The Morgan fingerprint density at radius 2 is 2.16 bits per heavy atom. The second-order valence-electron chi connectivity index (χ2n) is 5.68. The number of hydrogen-bond donors (Lipinski definition) is 2. The van der Waals surface area contributed by atoms with Crippen molar-refractivity contribution in [1.82, 2.24) is 14.4 Å². The van der Waals surface area contributed by atoms with Crippen LogP contribution in [0.1, 0.15) is 32.6 Å². The number of nitrogens with two attached hydrogens (primary N) is 1. The lowest BCUT2D eigenvalue weighted by molar-refractivity contribution is 0.300. The van der Waals surface area contributed by atoms with Crippen LogP contribution >= 0.6 is 0 Å². The fraction of sp³-hybridized carbons (Fsp3) is 0.571. The third-order valence-corrected chi connectivity index (χ3v) is 4.09. The molecule has 2 aromatic heterocycles. The van der Waals surface area contributed by atoms with Crippen molar-refractivity contribution < 1.29 is 0 Å². The van der Waals surface area contributed by atoms with E-state index in [1.165, 1.54) is 25.7 Å². The van der Waals surface area contributed by atoms with Crippen LogP contribution in [0.15, 0.2) is 18.6 Å². The van der Waals surface area contributed by atoms with Crippen molar-refractivity contribution in [2.75, 3.05) is 17.6 Å². The molecular weight excluding hydrogens is 238 g/mol. The molecule has 19 heavy (non-hydrogen) atoms. The Bertz CT molecular complexity index is 554. The molecule has 1 aliphatic carbocycles. The van der Waals surface area contributed by atoms with Crippen LogP contribution in [-0.2, 0) is 0 Å². The summed E-state index contributed by atoms with van der Waals surface area (Å²) in [4.78, 5) is 8.67. The summed E-state index contributed by atoms with van der Waals surface area (Å²) in [6, 6.07) is 0. The quantitative estimate of drug-likeness (QED) is 0.889. The predicted molar refractivity (Wildman–Crippen MR) is 77.0 cm³/mol. The molecule has 5 nitrogen and oxygen atoms in total. The molecule has 0 unspecified atom stereocenters. The van der Waals surface area contributed by atoms with Gasteiger partial charge in [-0.15, -0.1) is 0 Å². The average molecular weight is 259 g/mol. The van der Waals surface area contributed by atoms with E-state index in [2.05, 4.69) is 22.2 Å². The molecule has 1 saturated carbocycles. The number of imidazole rings is 1. The SMILES string of the molecule is CC1CCC(CNc2nc(N)cn3ccnc23)CC1. The largest absolute Gasteiger partial charge is 0.382 e. The van der Waals surface area contributed by atoms with E-state index in [4.69, 9.17) is 5.73 Å². The molecule has 102 valence electrons. The first-order valence-corrected chi connectivity index (χ1v) is 7.05. The summed E-state index contributed by atoms with van der Waals surface area (Å²) in [5, 5.41) is 3.42. The summed E-state index contributed by atoms with van der Waals surface area (Å²) in [5.41, 5.74) is 6.66. The van der Waals surface area contributed by atoms with Crippen molar-refractivity contribution in [3.05, 3.63) is 18.6 Å². The van der Waals surface area contributed by atoms with Gasteiger partial charge in [0.25, 0.3) is 0 Å². The van der Waals surface area contributed by atoms with Crippen LogP contribution in [0.4, 0.5) is 11.6 Å². The van der Waals surface area contributed by atoms with E-state index in [1.807, 2.05) is 10.6 Å². The standard InChI is InChI=1S/C14H21N5/c1-10-2-4-11(5-3-10)8-17-13-14-16-6-7-19(14)9-12(15)18-13/h6-7,9-11H,2-5,8,15H2,1H3,(H,17,18). The van der Waals surface area contributed by atoms with Crippen molar-refractivity contribution in [3.8, 4) is 0 Å². The topological polar surface area (TPSA) is 68.2 Å². The van der Waals surface area contributed by atoms with Gasteiger partial charge in [0, 0.05) is 18.9 Å². The minimum Gasteiger partial charge on any atom is -0.382 e. The van der Waals surface area contributed by atoms with E-state index >= 15 is 0 Å². The minimum atomic E-state index is 0.519. The summed E-state index contributed by atoms with van der Waals surface area (Å²) in [7, 11) is 0. The zero-order chi connectivity index (χ0) is 13.2. The van der Waals surface area contributed by atoms with Crippen molar-refractivity contribution in [3.63, 3.8) is 0 Å². The second-order valence-corrected chi connectivity index (χ2v) is 5.68. The van der Waals surface area contributed by atoms with Crippen LogP contribution in [0.5, 0.6) is 0 Å². The molecule has 0 amide bonds. The number of rotatable bonds is 3. The van der Waals surface area contributed by atoms with Gasteiger partial charge < -0.3 is 15.5 Å². The molecule has 3 rings (SSSR count). The second kappa shape index (κ2) is 5.07. The number of nitrogen functional groups attached to an aromatic ring is 1. The lowest BCUT2D eigenvalue weighted by Crippen LogP contribution is -2.21. The highest BCUT2D eigenvalue weighted by Crippen LogP contribution is 2.28. The first kappa shape index (κ1) is 12.3. The molecule has 0 radical (unpaired) electrons. The minimum absolute atomic E-state index is 0.519. The Kier molecular flexibility index (Phi) is 3.27.